The maximum Gasteiger partial charge on any atom is 0.259 e. The lowest BCUT2D eigenvalue weighted by Crippen LogP contribution is -2.64. The largest absolute Gasteiger partial charge is 0.381 e. The van der Waals surface area contributed by atoms with Gasteiger partial charge in [-0.3, -0.25) is 4.79 Å². The van der Waals surface area contributed by atoms with Crippen LogP contribution in [0.2, 0.25) is 0 Å². The number of aliphatic hydroxyl groups is 1. The second-order valence-corrected chi connectivity index (χ2v) is 8.07. The molecule has 3 fully saturated rings. The van der Waals surface area contributed by atoms with Gasteiger partial charge >= 0.3 is 0 Å². The van der Waals surface area contributed by atoms with E-state index in [1.807, 2.05) is 15.7 Å². The molecule has 0 radical (unpaired) electrons. The number of ether oxygens (including phenoxy) is 1. The van der Waals surface area contributed by atoms with Crippen molar-refractivity contribution in [3.63, 3.8) is 0 Å². The molecule has 8 nitrogen and oxygen atoms in total. The first-order valence-corrected chi connectivity index (χ1v) is 10.0. The Balaban J connectivity index is 1.43. The molecule has 0 saturated carbocycles. The topological polar surface area (TPSA) is 91.7 Å². The van der Waals surface area contributed by atoms with Gasteiger partial charge in [0.25, 0.3) is 5.91 Å². The summed E-state index contributed by atoms with van der Waals surface area (Å²) in [6, 6.07) is 0. The second kappa shape index (κ2) is 6.61. The van der Waals surface area contributed by atoms with Gasteiger partial charge in [-0.2, -0.15) is 5.10 Å². The predicted octanol–water partition coefficient (Wildman–Crippen LogP) is 0.863. The van der Waals surface area contributed by atoms with Gasteiger partial charge in [-0.15, -0.1) is 0 Å². The molecule has 1 spiro atoms. The van der Waals surface area contributed by atoms with Crippen LogP contribution in [0.15, 0.2) is 12.3 Å². The molecule has 5 rings (SSSR count). The van der Waals surface area contributed by atoms with Crippen LogP contribution in [-0.2, 0) is 4.74 Å². The summed E-state index contributed by atoms with van der Waals surface area (Å²) in [5.41, 5.74) is 1.51. The Morgan fingerprint density at radius 2 is 2.04 bits per heavy atom. The van der Waals surface area contributed by atoms with Crippen LogP contribution in [0.25, 0.3) is 5.70 Å². The summed E-state index contributed by atoms with van der Waals surface area (Å²) in [5, 5.41) is 21.3. The molecule has 1 aromatic rings. The molecule has 8 heteroatoms. The molecule has 1 amide bonds. The van der Waals surface area contributed by atoms with Crippen molar-refractivity contribution >= 4 is 17.4 Å². The SMILES string of the molecule is O=C(c1cnn2c1NC(O)C=C2C1CCNCC1)N1CCC12CCOCC2. The molecule has 1 aromatic heterocycles. The van der Waals surface area contributed by atoms with Gasteiger partial charge in [0.2, 0.25) is 0 Å². The highest BCUT2D eigenvalue weighted by molar-refractivity contribution is 6.00. The lowest BCUT2D eigenvalue weighted by molar-refractivity contribution is -0.0695. The Morgan fingerprint density at radius 3 is 2.74 bits per heavy atom. The molecule has 5 heterocycles. The highest BCUT2D eigenvalue weighted by Crippen LogP contribution is 2.41. The number of fused-ring (bicyclic) bond motifs is 1. The van der Waals surface area contributed by atoms with Crippen molar-refractivity contribution in [2.75, 3.05) is 38.2 Å². The third kappa shape index (κ3) is 2.78. The summed E-state index contributed by atoms with van der Waals surface area (Å²) in [7, 11) is 0. The van der Waals surface area contributed by atoms with Crippen LogP contribution >= 0.6 is 0 Å². The van der Waals surface area contributed by atoms with Crippen LogP contribution < -0.4 is 10.6 Å². The van der Waals surface area contributed by atoms with E-state index in [1.165, 1.54) is 0 Å². The van der Waals surface area contributed by atoms with Gasteiger partial charge in [0.1, 0.15) is 17.6 Å². The Labute approximate surface area is 158 Å². The minimum absolute atomic E-state index is 0.00987. The van der Waals surface area contributed by atoms with Crippen LogP contribution in [0.4, 0.5) is 5.82 Å². The van der Waals surface area contributed by atoms with E-state index < -0.39 is 6.23 Å². The second-order valence-electron chi connectivity index (χ2n) is 8.07. The van der Waals surface area contributed by atoms with E-state index in [1.54, 1.807) is 6.20 Å². The summed E-state index contributed by atoms with van der Waals surface area (Å²) < 4.78 is 7.32. The Morgan fingerprint density at radius 1 is 1.26 bits per heavy atom. The zero-order valence-corrected chi connectivity index (χ0v) is 15.5. The van der Waals surface area contributed by atoms with E-state index in [2.05, 4.69) is 15.7 Å². The number of hydrogen-bond donors (Lipinski definition) is 3. The number of nitrogens with zero attached hydrogens (tertiary/aromatic N) is 3. The number of piperidine rings is 1. The van der Waals surface area contributed by atoms with Crippen molar-refractivity contribution < 1.29 is 14.6 Å². The zero-order chi connectivity index (χ0) is 18.4. The number of hydrogen-bond acceptors (Lipinski definition) is 6. The average Bonchev–Trinajstić information content (AvgIpc) is 3.11. The molecular weight excluding hydrogens is 346 g/mol. The van der Waals surface area contributed by atoms with Gasteiger partial charge in [0, 0.05) is 36.9 Å². The molecule has 0 bridgehead atoms. The smallest absolute Gasteiger partial charge is 0.259 e. The normalized spacial score (nSPS) is 27.5. The fraction of sp³-hybridized carbons (Fsp3) is 0.684. The number of allylic oxidation sites excluding steroid dienone is 1. The molecule has 1 unspecified atom stereocenters. The molecule has 3 saturated heterocycles. The molecular formula is C19H27N5O3. The number of amides is 1. The summed E-state index contributed by atoms with van der Waals surface area (Å²) in [6.45, 7) is 4.15. The number of likely N-dealkylation sites (tertiary alicyclic amines) is 1. The quantitative estimate of drug-likeness (QED) is 0.712. The number of nitrogens with one attached hydrogen (secondary N) is 2. The van der Waals surface area contributed by atoms with Gasteiger partial charge in [0.15, 0.2) is 0 Å². The molecule has 27 heavy (non-hydrogen) atoms. The minimum Gasteiger partial charge on any atom is -0.381 e. The van der Waals surface area contributed by atoms with Crippen LogP contribution in [-0.4, -0.2) is 70.3 Å². The van der Waals surface area contributed by atoms with E-state index in [0.29, 0.717) is 17.3 Å². The first-order valence-electron chi connectivity index (χ1n) is 10.0. The van der Waals surface area contributed by atoms with Gasteiger partial charge in [-0.25, -0.2) is 4.68 Å². The van der Waals surface area contributed by atoms with Crippen molar-refractivity contribution in [1.29, 1.82) is 0 Å². The maximum absolute atomic E-state index is 13.3. The molecule has 4 aliphatic heterocycles. The van der Waals surface area contributed by atoms with E-state index in [9.17, 15) is 9.90 Å². The third-order valence-electron chi connectivity index (χ3n) is 6.66. The number of rotatable bonds is 2. The lowest BCUT2D eigenvalue weighted by atomic mass is 9.77. The fourth-order valence-corrected chi connectivity index (χ4v) is 4.95. The Bertz CT molecular complexity index is 761. The Hall–Kier alpha value is -1.90. The van der Waals surface area contributed by atoms with Gasteiger partial charge in [0.05, 0.1) is 6.20 Å². The van der Waals surface area contributed by atoms with Gasteiger partial charge in [-0.05, 0) is 51.3 Å². The van der Waals surface area contributed by atoms with Gasteiger partial charge < -0.3 is 25.4 Å². The number of aromatic nitrogens is 2. The van der Waals surface area contributed by atoms with Crippen LogP contribution in [0.3, 0.4) is 0 Å². The van der Waals surface area contributed by atoms with Crippen LogP contribution in [0.5, 0.6) is 0 Å². The molecule has 4 aliphatic rings. The van der Waals surface area contributed by atoms with Crippen molar-refractivity contribution in [3.05, 3.63) is 17.8 Å². The molecule has 1 atom stereocenters. The van der Waals surface area contributed by atoms with Gasteiger partial charge in [-0.1, -0.05) is 0 Å². The molecule has 3 N–H and O–H groups in total. The van der Waals surface area contributed by atoms with E-state index in [0.717, 1.165) is 70.6 Å². The number of anilines is 1. The standard InChI is InChI=1S/C19H27N5O3/c25-16-11-15(13-1-6-20-7-2-13)24-17(22-16)14(12-21-24)18(26)23-8-3-19(23)4-9-27-10-5-19/h11-13,16,20,22,25H,1-10H2. The molecule has 0 aromatic carbocycles. The van der Waals surface area contributed by atoms with E-state index >= 15 is 0 Å². The predicted molar refractivity (Wildman–Crippen MR) is 100 cm³/mol. The lowest BCUT2D eigenvalue weighted by Gasteiger charge is -2.54. The first-order chi connectivity index (χ1) is 13.2. The third-order valence-corrected chi connectivity index (χ3v) is 6.66. The van der Waals surface area contributed by atoms with Crippen LogP contribution in [0, 0.1) is 5.92 Å². The number of aliphatic hydroxyl groups excluding tert-OH is 1. The number of carbonyl (C=O) groups excluding carboxylic acids is 1. The highest BCUT2D eigenvalue weighted by atomic mass is 16.5. The fourth-order valence-electron chi connectivity index (χ4n) is 4.95. The van der Waals surface area contributed by atoms with Crippen molar-refractivity contribution in [1.82, 2.24) is 20.0 Å². The minimum atomic E-state index is -0.793. The first kappa shape index (κ1) is 17.2. The summed E-state index contributed by atoms with van der Waals surface area (Å²) in [5.74, 6) is 0.976. The highest BCUT2D eigenvalue weighted by Gasteiger charge is 2.49. The van der Waals surface area contributed by atoms with Crippen molar-refractivity contribution in [2.24, 2.45) is 5.92 Å². The maximum atomic E-state index is 13.3. The van der Waals surface area contributed by atoms with Crippen LogP contribution in [0.1, 0.15) is 42.5 Å². The summed E-state index contributed by atoms with van der Waals surface area (Å²) in [6.07, 6.45) is 7.56. The molecule has 146 valence electrons. The molecule has 0 aliphatic carbocycles. The zero-order valence-electron chi connectivity index (χ0n) is 15.5. The Kier molecular flexibility index (Phi) is 4.22. The summed E-state index contributed by atoms with van der Waals surface area (Å²) >= 11 is 0. The van der Waals surface area contributed by atoms with E-state index in [-0.39, 0.29) is 11.4 Å². The summed E-state index contributed by atoms with van der Waals surface area (Å²) in [4.78, 5) is 15.3. The average molecular weight is 373 g/mol. The van der Waals surface area contributed by atoms with Crippen molar-refractivity contribution in [3.8, 4) is 0 Å². The van der Waals surface area contributed by atoms with Crippen molar-refractivity contribution in [2.45, 2.75) is 43.9 Å². The van der Waals surface area contributed by atoms with E-state index in [4.69, 9.17) is 4.74 Å². The number of carbonyl (C=O) groups is 1. The monoisotopic (exact) mass is 373 g/mol.